The lowest BCUT2D eigenvalue weighted by molar-refractivity contribution is -0.116. The Bertz CT molecular complexity index is 645. The second-order valence-electron chi connectivity index (χ2n) is 4.81. The Morgan fingerprint density at radius 3 is 3.05 bits per heavy atom. The molecule has 2 heterocycles. The van der Waals surface area contributed by atoms with E-state index in [0.29, 0.717) is 13.0 Å². The van der Waals surface area contributed by atoms with Crippen LogP contribution in [0.2, 0.25) is 0 Å². The molecular formula is C15H14BrN3O. The molecule has 1 aromatic heterocycles. The number of pyridine rings is 1. The summed E-state index contributed by atoms with van der Waals surface area (Å²) in [6.45, 7) is 0.711. The summed E-state index contributed by atoms with van der Waals surface area (Å²) in [5, 5.41) is 6.25. The maximum absolute atomic E-state index is 11.7. The maximum Gasteiger partial charge on any atom is 0.225 e. The molecule has 3 rings (SSSR count). The van der Waals surface area contributed by atoms with E-state index in [0.717, 1.165) is 15.8 Å². The lowest BCUT2D eigenvalue weighted by atomic mass is 9.90. The molecule has 1 atom stereocenters. The zero-order chi connectivity index (χ0) is 13.9. The molecule has 0 aliphatic carbocycles. The number of carbonyl (C=O) groups is 1. The van der Waals surface area contributed by atoms with Crippen LogP contribution < -0.4 is 10.6 Å². The average molecular weight is 332 g/mol. The molecule has 102 valence electrons. The van der Waals surface area contributed by atoms with Gasteiger partial charge in [0.25, 0.3) is 0 Å². The molecule has 2 aromatic rings. The van der Waals surface area contributed by atoms with Crippen LogP contribution in [-0.4, -0.2) is 17.4 Å². The molecule has 4 nitrogen and oxygen atoms in total. The molecule has 1 amide bonds. The highest BCUT2D eigenvalue weighted by Gasteiger charge is 2.24. The van der Waals surface area contributed by atoms with E-state index in [4.69, 9.17) is 0 Å². The fourth-order valence-corrected chi connectivity index (χ4v) is 2.80. The summed E-state index contributed by atoms with van der Waals surface area (Å²) < 4.78 is 0.935. The highest BCUT2D eigenvalue weighted by Crippen LogP contribution is 2.32. The number of benzene rings is 1. The summed E-state index contributed by atoms with van der Waals surface area (Å²) in [4.78, 5) is 15.9. The first-order valence-corrected chi connectivity index (χ1v) is 7.25. The van der Waals surface area contributed by atoms with Gasteiger partial charge in [0.15, 0.2) is 0 Å². The average Bonchev–Trinajstić information content (AvgIpc) is 2.44. The van der Waals surface area contributed by atoms with Crippen LogP contribution in [-0.2, 0) is 4.79 Å². The van der Waals surface area contributed by atoms with E-state index in [1.807, 2.05) is 24.3 Å². The Kier molecular flexibility index (Phi) is 3.69. The molecular weight excluding hydrogens is 318 g/mol. The van der Waals surface area contributed by atoms with Gasteiger partial charge in [-0.25, -0.2) is 0 Å². The maximum atomic E-state index is 11.7. The third-order valence-electron chi connectivity index (χ3n) is 3.36. The van der Waals surface area contributed by atoms with E-state index in [1.54, 1.807) is 12.4 Å². The molecule has 0 radical (unpaired) electrons. The van der Waals surface area contributed by atoms with E-state index in [9.17, 15) is 4.79 Å². The zero-order valence-electron chi connectivity index (χ0n) is 10.8. The highest BCUT2D eigenvalue weighted by molar-refractivity contribution is 9.10. The fraction of sp³-hybridized carbons (Fsp3) is 0.200. The Morgan fingerprint density at radius 1 is 1.35 bits per heavy atom. The van der Waals surface area contributed by atoms with E-state index in [2.05, 4.69) is 37.6 Å². The van der Waals surface area contributed by atoms with Gasteiger partial charge in [-0.3, -0.25) is 9.78 Å². The number of fused-ring (bicyclic) bond motifs is 1. The SMILES string of the molecule is O=C1C[C@@H](CNc2cncc(Br)c2)c2ccccc2N1. The predicted octanol–water partition coefficient (Wildman–Crippen LogP) is 3.38. The van der Waals surface area contributed by atoms with E-state index in [-0.39, 0.29) is 11.8 Å². The Hall–Kier alpha value is -1.88. The number of para-hydroxylation sites is 1. The summed E-state index contributed by atoms with van der Waals surface area (Å²) in [5.41, 5.74) is 3.05. The molecule has 0 unspecified atom stereocenters. The number of nitrogens with zero attached hydrogens (tertiary/aromatic N) is 1. The lowest BCUT2D eigenvalue weighted by Gasteiger charge is -2.26. The van der Waals surface area contributed by atoms with Crippen molar-refractivity contribution in [3.63, 3.8) is 0 Å². The predicted molar refractivity (Wildman–Crippen MR) is 82.9 cm³/mol. The van der Waals surface area contributed by atoms with Crippen molar-refractivity contribution in [3.05, 3.63) is 52.8 Å². The van der Waals surface area contributed by atoms with E-state index in [1.165, 1.54) is 5.56 Å². The highest BCUT2D eigenvalue weighted by atomic mass is 79.9. The Balaban J connectivity index is 1.76. The molecule has 0 spiro atoms. The number of amides is 1. The van der Waals surface area contributed by atoms with Gasteiger partial charge in [0, 0.05) is 35.2 Å². The van der Waals surface area contributed by atoms with Crippen molar-refractivity contribution in [3.8, 4) is 0 Å². The van der Waals surface area contributed by atoms with Crippen LogP contribution in [0.5, 0.6) is 0 Å². The number of hydrogen-bond acceptors (Lipinski definition) is 3. The molecule has 1 aromatic carbocycles. The Morgan fingerprint density at radius 2 is 2.20 bits per heavy atom. The van der Waals surface area contributed by atoms with Gasteiger partial charge in [0.05, 0.1) is 11.9 Å². The van der Waals surface area contributed by atoms with Crippen molar-refractivity contribution in [2.45, 2.75) is 12.3 Å². The number of aromatic nitrogens is 1. The van der Waals surface area contributed by atoms with Crippen molar-refractivity contribution >= 4 is 33.2 Å². The lowest BCUT2D eigenvalue weighted by Crippen LogP contribution is -2.26. The van der Waals surface area contributed by atoms with E-state index < -0.39 is 0 Å². The van der Waals surface area contributed by atoms with Gasteiger partial charge in [-0.1, -0.05) is 18.2 Å². The van der Waals surface area contributed by atoms with Crippen molar-refractivity contribution < 1.29 is 4.79 Å². The first-order chi connectivity index (χ1) is 9.72. The fourth-order valence-electron chi connectivity index (χ4n) is 2.43. The first kappa shape index (κ1) is 13.1. The molecule has 5 heteroatoms. The van der Waals surface area contributed by atoms with Crippen LogP contribution in [0.15, 0.2) is 47.2 Å². The Labute approximate surface area is 125 Å². The summed E-state index contributed by atoms with van der Waals surface area (Å²) in [5.74, 6) is 0.252. The van der Waals surface area contributed by atoms with Crippen LogP contribution >= 0.6 is 15.9 Å². The normalized spacial score (nSPS) is 17.2. The zero-order valence-corrected chi connectivity index (χ0v) is 12.4. The summed E-state index contributed by atoms with van der Waals surface area (Å²) in [7, 11) is 0. The van der Waals surface area contributed by atoms with Gasteiger partial charge in [0.1, 0.15) is 0 Å². The first-order valence-electron chi connectivity index (χ1n) is 6.45. The minimum Gasteiger partial charge on any atom is -0.383 e. The van der Waals surface area contributed by atoms with Crippen LogP contribution in [0, 0.1) is 0 Å². The smallest absolute Gasteiger partial charge is 0.225 e. The van der Waals surface area contributed by atoms with Crippen molar-refractivity contribution in [1.82, 2.24) is 4.98 Å². The molecule has 0 bridgehead atoms. The minimum absolute atomic E-state index is 0.0721. The van der Waals surface area contributed by atoms with Crippen molar-refractivity contribution in [2.24, 2.45) is 0 Å². The molecule has 20 heavy (non-hydrogen) atoms. The van der Waals surface area contributed by atoms with Gasteiger partial charge in [0.2, 0.25) is 5.91 Å². The third kappa shape index (κ3) is 2.82. The summed E-state index contributed by atoms with van der Waals surface area (Å²) in [6, 6.07) is 9.93. The number of carbonyl (C=O) groups excluding carboxylic acids is 1. The van der Waals surface area contributed by atoms with Crippen LogP contribution in [0.1, 0.15) is 17.9 Å². The van der Waals surface area contributed by atoms with Gasteiger partial charge in [-0.15, -0.1) is 0 Å². The summed E-state index contributed by atoms with van der Waals surface area (Å²) >= 11 is 3.40. The second kappa shape index (κ2) is 5.63. The van der Waals surface area contributed by atoms with Crippen LogP contribution in [0.25, 0.3) is 0 Å². The third-order valence-corrected chi connectivity index (χ3v) is 3.80. The second-order valence-corrected chi connectivity index (χ2v) is 5.72. The van der Waals surface area contributed by atoms with Gasteiger partial charge >= 0.3 is 0 Å². The van der Waals surface area contributed by atoms with Crippen molar-refractivity contribution in [2.75, 3.05) is 17.2 Å². The molecule has 1 aliphatic rings. The number of hydrogen-bond donors (Lipinski definition) is 2. The molecule has 0 saturated heterocycles. The number of nitrogens with one attached hydrogen (secondary N) is 2. The van der Waals surface area contributed by atoms with Crippen molar-refractivity contribution in [1.29, 1.82) is 0 Å². The molecule has 0 fully saturated rings. The monoisotopic (exact) mass is 331 g/mol. The molecule has 0 saturated carbocycles. The van der Waals surface area contributed by atoms with E-state index >= 15 is 0 Å². The quantitative estimate of drug-likeness (QED) is 0.906. The minimum atomic E-state index is 0.0721. The number of rotatable bonds is 3. The largest absolute Gasteiger partial charge is 0.383 e. The molecule has 2 N–H and O–H groups in total. The topological polar surface area (TPSA) is 54.0 Å². The van der Waals surface area contributed by atoms with Gasteiger partial charge in [-0.05, 0) is 33.6 Å². The van der Waals surface area contributed by atoms with Crippen LogP contribution in [0.3, 0.4) is 0 Å². The standard InChI is InChI=1S/C15H14BrN3O/c16-11-6-12(9-17-8-11)18-7-10-5-15(20)19-14-4-2-1-3-13(10)14/h1-4,6,8-10,18H,5,7H2,(H,19,20)/t10-/m0/s1. The van der Waals surface area contributed by atoms with Gasteiger partial charge < -0.3 is 10.6 Å². The van der Waals surface area contributed by atoms with Gasteiger partial charge in [-0.2, -0.15) is 0 Å². The summed E-state index contributed by atoms with van der Waals surface area (Å²) in [6.07, 6.45) is 4.03. The molecule has 1 aliphatic heterocycles. The number of anilines is 2. The number of halogens is 1. The van der Waals surface area contributed by atoms with Crippen LogP contribution in [0.4, 0.5) is 11.4 Å².